The van der Waals surface area contributed by atoms with Crippen LogP contribution in [-0.4, -0.2) is 34.3 Å². The third kappa shape index (κ3) is 1.74. The molecule has 78 valence electrons. The van der Waals surface area contributed by atoms with E-state index < -0.39 is 0 Å². The largest absolute Gasteiger partial charge is 0.378 e. The Bertz CT molecular complexity index is 444. The number of tetrazole rings is 1. The molecular weight excluding hydrogens is 192 g/mol. The predicted molar refractivity (Wildman–Crippen MR) is 57.9 cm³/mol. The van der Waals surface area contributed by atoms with Crippen molar-refractivity contribution in [2.45, 2.75) is 0 Å². The number of benzene rings is 1. The molecule has 1 heterocycles. The van der Waals surface area contributed by atoms with Gasteiger partial charge in [0.2, 0.25) is 5.95 Å². The molecule has 6 nitrogen and oxygen atoms in total. The van der Waals surface area contributed by atoms with Crippen LogP contribution in [0.4, 0.5) is 11.6 Å². The summed E-state index contributed by atoms with van der Waals surface area (Å²) in [6.07, 6.45) is 0. The molecule has 0 atom stereocenters. The highest BCUT2D eigenvalue weighted by Gasteiger charge is 2.03. The molecule has 0 radical (unpaired) electrons. The molecule has 0 unspecified atom stereocenters. The molecule has 0 spiro atoms. The summed E-state index contributed by atoms with van der Waals surface area (Å²) in [7, 11) is 3.97. The number of hydrogen-bond acceptors (Lipinski definition) is 5. The van der Waals surface area contributed by atoms with E-state index in [1.165, 1.54) is 4.68 Å². The van der Waals surface area contributed by atoms with Crippen LogP contribution < -0.4 is 10.6 Å². The van der Waals surface area contributed by atoms with Crippen molar-refractivity contribution >= 4 is 11.6 Å². The van der Waals surface area contributed by atoms with Crippen molar-refractivity contribution in [3.63, 3.8) is 0 Å². The van der Waals surface area contributed by atoms with Crippen molar-refractivity contribution in [2.24, 2.45) is 0 Å². The van der Waals surface area contributed by atoms with Crippen LogP contribution in [0.3, 0.4) is 0 Å². The van der Waals surface area contributed by atoms with Gasteiger partial charge in [-0.1, -0.05) is 5.10 Å². The molecule has 0 fully saturated rings. The smallest absolute Gasteiger partial charge is 0.245 e. The first-order valence-electron chi connectivity index (χ1n) is 4.50. The highest BCUT2D eigenvalue weighted by molar-refractivity contribution is 5.50. The van der Waals surface area contributed by atoms with Crippen molar-refractivity contribution in [2.75, 3.05) is 24.7 Å². The molecule has 0 aliphatic rings. The van der Waals surface area contributed by atoms with Gasteiger partial charge in [-0.25, -0.2) is 0 Å². The van der Waals surface area contributed by atoms with Gasteiger partial charge < -0.3 is 10.6 Å². The summed E-state index contributed by atoms with van der Waals surface area (Å²) in [5, 5.41) is 10.9. The molecule has 2 rings (SSSR count). The van der Waals surface area contributed by atoms with Gasteiger partial charge >= 0.3 is 0 Å². The summed E-state index contributed by atoms with van der Waals surface area (Å²) in [6.45, 7) is 0. The van der Waals surface area contributed by atoms with E-state index >= 15 is 0 Å². The molecule has 0 bridgehead atoms. The van der Waals surface area contributed by atoms with Crippen LogP contribution in [0.15, 0.2) is 24.3 Å². The highest BCUT2D eigenvalue weighted by atomic mass is 15.6. The summed E-state index contributed by atoms with van der Waals surface area (Å²) < 4.78 is 1.49. The summed E-state index contributed by atoms with van der Waals surface area (Å²) in [5.74, 6) is 0.285. The first kappa shape index (κ1) is 9.45. The van der Waals surface area contributed by atoms with Crippen molar-refractivity contribution in [3.05, 3.63) is 24.3 Å². The van der Waals surface area contributed by atoms with Gasteiger partial charge in [0.25, 0.3) is 0 Å². The normalized spacial score (nSPS) is 10.3. The molecule has 2 N–H and O–H groups in total. The summed E-state index contributed by atoms with van der Waals surface area (Å²) in [5.41, 5.74) is 7.55. The lowest BCUT2D eigenvalue weighted by molar-refractivity contribution is 0.792. The monoisotopic (exact) mass is 204 g/mol. The molecule has 15 heavy (non-hydrogen) atoms. The zero-order valence-corrected chi connectivity index (χ0v) is 8.62. The fourth-order valence-electron chi connectivity index (χ4n) is 1.27. The maximum absolute atomic E-state index is 5.59. The van der Waals surface area contributed by atoms with Gasteiger partial charge in [-0.3, -0.25) is 0 Å². The fourth-order valence-corrected chi connectivity index (χ4v) is 1.27. The first-order chi connectivity index (χ1) is 7.18. The molecule has 1 aromatic heterocycles. The van der Waals surface area contributed by atoms with Crippen LogP contribution in [0.25, 0.3) is 5.69 Å². The maximum atomic E-state index is 5.59. The van der Waals surface area contributed by atoms with Crippen LogP contribution in [0, 0.1) is 0 Å². The van der Waals surface area contributed by atoms with E-state index in [0.29, 0.717) is 0 Å². The number of anilines is 2. The van der Waals surface area contributed by atoms with Crippen molar-refractivity contribution in [3.8, 4) is 5.69 Å². The Morgan fingerprint density at radius 3 is 2.33 bits per heavy atom. The highest BCUT2D eigenvalue weighted by Crippen LogP contribution is 2.15. The molecule has 0 saturated heterocycles. The van der Waals surface area contributed by atoms with Gasteiger partial charge in [-0.05, 0) is 34.7 Å². The predicted octanol–water partition coefficient (Wildman–Crippen LogP) is 0.310. The van der Waals surface area contributed by atoms with E-state index in [2.05, 4.69) is 15.5 Å². The summed E-state index contributed by atoms with van der Waals surface area (Å²) in [4.78, 5) is 2.02. The molecule has 2 aromatic rings. The van der Waals surface area contributed by atoms with E-state index in [1.54, 1.807) is 0 Å². The third-order valence-electron chi connectivity index (χ3n) is 2.10. The van der Waals surface area contributed by atoms with Gasteiger partial charge in [0.1, 0.15) is 0 Å². The molecule has 0 aliphatic carbocycles. The SMILES string of the molecule is CN(C)c1ccc(-n2nnnc2N)cc1. The lowest BCUT2D eigenvalue weighted by Crippen LogP contribution is -2.09. The lowest BCUT2D eigenvalue weighted by atomic mass is 10.2. The van der Waals surface area contributed by atoms with E-state index in [-0.39, 0.29) is 5.95 Å². The second kappa shape index (κ2) is 3.56. The first-order valence-corrected chi connectivity index (χ1v) is 4.50. The molecule has 0 aliphatic heterocycles. The molecule has 1 aromatic carbocycles. The van der Waals surface area contributed by atoms with Gasteiger partial charge in [0, 0.05) is 19.8 Å². The average molecular weight is 204 g/mol. The van der Waals surface area contributed by atoms with E-state index in [4.69, 9.17) is 5.73 Å². The summed E-state index contributed by atoms with van der Waals surface area (Å²) in [6, 6.07) is 7.80. The van der Waals surface area contributed by atoms with E-state index in [9.17, 15) is 0 Å². The van der Waals surface area contributed by atoms with E-state index in [0.717, 1.165) is 11.4 Å². The quantitative estimate of drug-likeness (QED) is 0.762. The number of nitrogens with two attached hydrogens (primary N) is 1. The second-order valence-corrected chi connectivity index (χ2v) is 3.36. The van der Waals surface area contributed by atoms with Crippen molar-refractivity contribution < 1.29 is 0 Å². The van der Waals surface area contributed by atoms with Crippen molar-refractivity contribution in [1.82, 2.24) is 20.2 Å². The number of hydrogen-bond donors (Lipinski definition) is 1. The van der Waals surface area contributed by atoms with Crippen LogP contribution >= 0.6 is 0 Å². The Kier molecular flexibility index (Phi) is 2.24. The van der Waals surface area contributed by atoms with Gasteiger partial charge in [-0.15, -0.1) is 0 Å². The molecule has 0 amide bonds. The Balaban J connectivity index is 2.36. The minimum absolute atomic E-state index is 0.285. The zero-order valence-electron chi connectivity index (χ0n) is 8.62. The third-order valence-corrected chi connectivity index (χ3v) is 2.10. The number of aromatic nitrogens is 4. The fraction of sp³-hybridized carbons (Fsp3) is 0.222. The Labute approximate surface area is 87.3 Å². The van der Waals surface area contributed by atoms with Crippen LogP contribution in [0.1, 0.15) is 0 Å². The molecule has 6 heteroatoms. The van der Waals surface area contributed by atoms with E-state index in [1.807, 2.05) is 43.3 Å². The van der Waals surface area contributed by atoms with Crippen LogP contribution in [-0.2, 0) is 0 Å². The van der Waals surface area contributed by atoms with Crippen molar-refractivity contribution in [1.29, 1.82) is 0 Å². The number of nitrogens with zero attached hydrogens (tertiary/aromatic N) is 5. The lowest BCUT2D eigenvalue weighted by Gasteiger charge is -2.12. The van der Waals surface area contributed by atoms with Crippen LogP contribution in [0.2, 0.25) is 0 Å². The molecular formula is C9H12N6. The second-order valence-electron chi connectivity index (χ2n) is 3.36. The molecule has 0 saturated carbocycles. The Hall–Kier alpha value is -2.11. The van der Waals surface area contributed by atoms with Gasteiger partial charge in [-0.2, -0.15) is 4.68 Å². The van der Waals surface area contributed by atoms with Gasteiger partial charge in [0.15, 0.2) is 0 Å². The van der Waals surface area contributed by atoms with Gasteiger partial charge in [0.05, 0.1) is 5.69 Å². The number of rotatable bonds is 2. The Morgan fingerprint density at radius 2 is 1.87 bits per heavy atom. The number of nitrogen functional groups attached to an aromatic ring is 1. The minimum Gasteiger partial charge on any atom is -0.378 e. The van der Waals surface area contributed by atoms with Crippen LogP contribution in [0.5, 0.6) is 0 Å². The minimum atomic E-state index is 0.285. The average Bonchev–Trinajstić information content (AvgIpc) is 2.65. The maximum Gasteiger partial charge on any atom is 0.245 e. The Morgan fingerprint density at radius 1 is 1.20 bits per heavy atom. The summed E-state index contributed by atoms with van der Waals surface area (Å²) >= 11 is 0. The zero-order chi connectivity index (χ0) is 10.8. The standard InChI is InChI=1S/C9H12N6/c1-14(2)7-3-5-8(6-4-7)15-9(10)11-12-13-15/h3-6H,1-2H3,(H2,10,11,13). The topological polar surface area (TPSA) is 72.9 Å².